The van der Waals surface area contributed by atoms with Crippen LogP contribution in [-0.4, -0.2) is 52.4 Å². The van der Waals surface area contributed by atoms with Gasteiger partial charge in [-0.15, -0.1) is 0 Å². The van der Waals surface area contributed by atoms with Gasteiger partial charge in [-0.2, -0.15) is 0 Å². The Kier molecular flexibility index (Phi) is 3.94. The van der Waals surface area contributed by atoms with Crippen molar-refractivity contribution in [3.8, 4) is 0 Å². The van der Waals surface area contributed by atoms with Crippen molar-refractivity contribution in [1.29, 1.82) is 0 Å². The summed E-state index contributed by atoms with van der Waals surface area (Å²) in [7, 11) is 2.02. The number of nitrogens with one attached hydrogen (secondary N) is 1. The Morgan fingerprint density at radius 1 is 1.36 bits per heavy atom. The van der Waals surface area contributed by atoms with Crippen LogP contribution in [0.3, 0.4) is 0 Å². The highest BCUT2D eigenvalue weighted by molar-refractivity contribution is 5.94. The summed E-state index contributed by atoms with van der Waals surface area (Å²) < 4.78 is 13.5. The molecule has 0 radical (unpaired) electrons. The van der Waals surface area contributed by atoms with E-state index in [1.54, 1.807) is 30.3 Å². The summed E-state index contributed by atoms with van der Waals surface area (Å²) >= 11 is 0. The zero-order chi connectivity index (χ0) is 15.7. The highest BCUT2D eigenvalue weighted by Gasteiger charge is 2.30. The Hall–Kier alpha value is -2.21. The summed E-state index contributed by atoms with van der Waals surface area (Å²) in [6.07, 6.45) is 3.49. The fourth-order valence-corrected chi connectivity index (χ4v) is 2.86. The lowest BCUT2D eigenvalue weighted by atomic mass is 10.1. The molecule has 1 saturated heterocycles. The molecule has 1 aromatic heterocycles. The van der Waals surface area contributed by atoms with Crippen molar-refractivity contribution in [3.63, 3.8) is 0 Å². The maximum absolute atomic E-state index is 13.5. The lowest BCUT2D eigenvalue weighted by Crippen LogP contribution is -2.49. The molecule has 0 spiro atoms. The van der Waals surface area contributed by atoms with Gasteiger partial charge in [0, 0.05) is 37.6 Å². The number of aromatic amines is 1. The highest BCUT2D eigenvalue weighted by Crippen LogP contribution is 2.22. The summed E-state index contributed by atoms with van der Waals surface area (Å²) in [5.41, 5.74) is 1.15. The second-order valence-corrected chi connectivity index (χ2v) is 5.74. The molecule has 5 nitrogen and oxygen atoms in total. The third-order valence-electron chi connectivity index (χ3n) is 4.06. The smallest absolute Gasteiger partial charge is 0.254 e. The van der Waals surface area contributed by atoms with Crippen LogP contribution in [-0.2, 0) is 0 Å². The number of likely N-dealkylation sites (N-methyl/N-ethyl adjacent to an activating group) is 1. The molecule has 0 bridgehead atoms. The Balaban J connectivity index is 1.81. The summed E-state index contributed by atoms with van der Waals surface area (Å²) in [4.78, 5) is 24.0. The van der Waals surface area contributed by atoms with Gasteiger partial charge in [-0.05, 0) is 37.7 Å². The van der Waals surface area contributed by atoms with Crippen LogP contribution >= 0.6 is 0 Å². The van der Waals surface area contributed by atoms with E-state index < -0.39 is 0 Å². The minimum atomic E-state index is -0.375. The maximum Gasteiger partial charge on any atom is 0.254 e. The minimum Gasteiger partial charge on any atom is -0.347 e. The van der Waals surface area contributed by atoms with Crippen LogP contribution in [0.1, 0.15) is 27.8 Å². The Morgan fingerprint density at radius 3 is 2.86 bits per heavy atom. The summed E-state index contributed by atoms with van der Waals surface area (Å²) in [6.45, 7) is 3.71. The molecular weight excluding hydrogens is 283 g/mol. The van der Waals surface area contributed by atoms with E-state index in [2.05, 4.69) is 14.9 Å². The van der Waals surface area contributed by atoms with Crippen LogP contribution in [0.25, 0.3) is 0 Å². The molecular formula is C16H19FN4O. The number of H-pyrrole nitrogens is 1. The van der Waals surface area contributed by atoms with Crippen molar-refractivity contribution in [2.45, 2.75) is 13.0 Å². The molecule has 1 aliphatic rings. The third-order valence-corrected chi connectivity index (χ3v) is 4.06. The first kappa shape index (κ1) is 14.7. The molecule has 22 heavy (non-hydrogen) atoms. The van der Waals surface area contributed by atoms with Crippen LogP contribution in [0.5, 0.6) is 0 Å². The van der Waals surface area contributed by atoms with Crippen LogP contribution in [0, 0.1) is 12.7 Å². The predicted molar refractivity (Wildman–Crippen MR) is 81.0 cm³/mol. The van der Waals surface area contributed by atoms with Gasteiger partial charge < -0.3 is 9.88 Å². The molecule has 1 amide bonds. The number of piperazine rings is 1. The average Bonchev–Trinajstić information content (AvgIpc) is 3.00. The Bertz CT molecular complexity index is 651. The first-order chi connectivity index (χ1) is 10.5. The number of aromatic nitrogens is 2. The first-order valence-electron chi connectivity index (χ1n) is 7.30. The van der Waals surface area contributed by atoms with Crippen LogP contribution in [0.2, 0.25) is 0 Å². The van der Waals surface area contributed by atoms with E-state index in [9.17, 15) is 9.18 Å². The van der Waals surface area contributed by atoms with Gasteiger partial charge in [0.2, 0.25) is 0 Å². The quantitative estimate of drug-likeness (QED) is 0.923. The molecule has 1 fully saturated rings. The fourth-order valence-electron chi connectivity index (χ4n) is 2.86. The van der Waals surface area contributed by atoms with E-state index in [-0.39, 0.29) is 17.8 Å². The molecule has 116 valence electrons. The number of aryl methyl sites for hydroxylation is 1. The molecule has 1 aromatic carbocycles. The van der Waals surface area contributed by atoms with Gasteiger partial charge in [0.25, 0.3) is 5.91 Å². The molecule has 0 saturated carbocycles. The number of halogens is 1. The monoisotopic (exact) mass is 302 g/mol. The number of imidazole rings is 1. The zero-order valence-corrected chi connectivity index (χ0v) is 12.7. The largest absolute Gasteiger partial charge is 0.347 e. The van der Waals surface area contributed by atoms with Gasteiger partial charge in [-0.3, -0.25) is 9.69 Å². The minimum absolute atomic E-state index is 0.0300. The van der Waals surface area contributed by atoms with Crippen molar-refractivity contribution in [3.05, 3.63) is 53.4 Å². The van der Waals surface area contributed by atoms with Crippen molar-refractivity contribution >= 4 is 5.91 Å². The number of carbonyl (C=O) groups excluding carboxylic acids is 1. The topological polar surface area (TPSA) is 52.2 Å². The molecule has 1 N–H and O–H groups in total. The first-order valence-corrected chi connectivity index (χ1v) is 7.30. The SMILES string of the molecule is Cc1cc(F)cc(C(=O)N2CCN(C)[C@H](c3ncc[nH]3)C2)c1. The van der Waals surface area contributed by atoms with Crippen LogP contribution < -0.4 is 0 Å². The van der Waals surface area contributed by atoms with Crippen molar-refractivity contribution in [1.82, 2.24) is 19.8 Å². The van der Waals surface area contributed by atoms with Gasteiger partial charge >= 0.3 is 0 Å². The molecule has 3 rings (SSSR count). The van der Waals surface area contributed by atoms with Gasteiger partial charge in [0.15, 0.2) is 0 Å². The van der Waals surface area contributed by atoms with E-state index in [4.69, 9.17) is 0 Å². The summed E-state index contributed by atoms with van der Waals surface area (Å²) in [5, 5.41) is 0. The standard InChI is InChI=1S/C16H19FN4O/c1-11-7-12(9-13(17)8-11)16(22)21-6-5-20(2)14(10-21)15-18-3-4-19-15/h3-4,7-9,14H,5-6,10H2,1-2H3,(H,18,19)/t14-/m0/s1. The average molecular weight is 302 g/mol. The van der Waals surface area contributed by atoms with Gasteiger partial charge in [0.1, 0.15) is 11.6 Å². The number of rotatable bonds is 2. The second-order valence-electron chi connectivity index (χ2n) is 5.74. The Morgan fingerprint density at radius 2 is 2.18 bits per heavy atom. The van der Waals surface area contributed by atoms with Gasteiger partial charge in [0.05, 0.1) is 6.04 Å². The van der Waals surface area contributed by atoms with Crippen LogP contribution in [0.15, 0.2) is 30.6 Å². The third kappa shape index (κ3) is 2.87. The van der Waals surface area contributed by atoms with E-state index in [0.717, 1.165) is 17.9 Å². The lowest BCUT2D eigenvalue weighted by molar-refractivity contribution is 0.0534. The van der Waals surface area contributed by atoms with Crippen LogP contribution in [0.4, 0.5) is 4.39 Å². The van der Waals surface area contributed by atoms with E-state index >= 15 is 0 Å². The van der Waals surface area contributed by atoms with Crippen molar-refractivity contribution in [2.24, 2.45) is 0 Å². The number of benzene rings is 1. The predicted octanol–water partition coefficient (Wildman–Crippen LogP) is 1.99. The van der Waals surface area contributed by atoms with Crippen molar-refractivity contribution in [2.75, 3.05) is 26.7 Å². The molecule has 6 heteroatoms. The van der Waals surface area contributed by atoms with E-state index in [1.165, 1.54) is 12.1 Å². The van der Waals surface area contributed by atoms with E-state index in [1.807, 2.05) is 7.05 Å². The van der Waals surface area contributed by atoms with Gasteiger partial charge in [-0.1, -0.05) is 0 Å². The number of hydrogen-bond acceptors (Lipinski definition) is 3. The molecule has 1 aliphatic heterocycles. The molecule has 1 atom stereocenters. The molecule has 2 aromatic rings. The zero-order valence-electron chi connectivity index (χ0n) is 12.7. The summed E-state index contributed by atoms with van der Waals surface area (Å²) in [6, 6.07) is 4.48. The molecule has 2 heterocycles. The summed E-state index contributed by atoms with van der Waals surface area (Å²) in [5.74, 6) is 0.336. The number of hydrogen-bond donors (Lipinski definition) is 1. The Labute approximate surface area is 128 Å². The number of nitrogens with zero attached hydrogens (tertiary/aromatic N) is 3. The second kappa shape index (κ2) is 5.88. The molecule has 0 unspecified atom stereocenters. The highest BCUT2D eigenvalue weighted by atomic mass is 19.1. The fraction of sp³-hybridized carbons (Fsp3) is 0.375. The lowest BCUT2D eigenvalue weighted by Gasteiger charge is -2.38. The van der Waals surface area contributed by atoms with Crippen molar-refractivity contribution < 1.29 is 9.18 Å². The molecule has 0 aliphatic carbocycles. The maximum atomic E-state index is 13.5. The van der Waals surface area contributed by atoms with Gasteiger partial charge in [-0.25, -0.2) is 9.37 Å². The number of amides is 1. The normalized spacial score (nSPS) is 19.4. The number of carbonyl (C=O) groups is 1. The van der Waals surface area contributed by atoms with E-state index in [0.29, 0.717) is 18.7 Å².